The number of aryl methyl sites for hydroxylation is 3. The molecule has 2 aromatic heterocycles. The van der Waals surface area contributed by atoms with Crippen molar-refractivity contribution in [3.05, 3.63) is 33.1 Å². The Kier molecular flexibility index (Phi) is 8.53. The Labute approximate surface area is 158 Å². The molecule has 128 valence electrons. The zero-order chi connectivity index (χ0) is 15.9. The monoisotopic (exact) mass is 449 g/mol. The van der Waals surface area contributed by atoms with Gasteiger partial charge in [0, 0.05) is 31.0 Å². The Balaban J connectivity index is 0.00000264. The molecule has 0 atom stereocenters. The van der Waals surface area contributed by atoms with Gasteiger partial charge >= 0.3 is 0 Å². The number of hydrogen-bond acceptors (Lipinski definition) is 5. The molecule has 0 aliphatic heterocycles. The summed E-state index contributed by atoms with van der Waals surface area (Å²) in [6, 6.07) is 1.96. The number of aromatic nitrogens is 2. The van der Waals surface area contributed by atoms with E-state index in [1.54, 1.807) is 18.4 Å². The van der Waals surface area contributed by atoms with Gasteiger partial charge in [-0.15, -0.1) is 35.3 Å². The van der Waals surface area contributed by atoms with E-state index in [1.807, 2.05) is 13.0 Å². The van der Waals surface area contributed by atoms with E-state index in [-0.39, 0.29) is 24.0 Å². The van der Waals surface area contributed by atoms with E-state index in [0.717, 1.165) is 47.5 Å². The van der Waals surface area contributed by atoms with Gasteiger partial charge in [-0.3, -0.25) is 4.99 Å². The molecule has 0 spiro atoms. The Bertz CT molecular complexity index is 618. The van der Waals surface area contributed by atoms with Gasteiger partial charge in [0.2, 0.25) is 0 Å². The van der Waals surface area contributed by atoms with E-state index in [4.69, 9.17) is 4.52 Å². The predicted octanol–water partition coefficient (Wildman–Crippen LogP) is 2.84. The van der Waals surface area contributed by atoms with E-state index < -0.39 is 0 Å². The maximum absolute atomic E-state index is 5.24. The number of nitrogens with one attached hydrogen (secondary N) is 2. The highest BCUT2D eigenvalue weighted by atomic mass is 127. The maximum Gasteiger partial charge on any atom is 0.191 e. The Morgan fingerprint density at radius 1 is 1.35 bits per heavy atom. The first-order valence-corrected chi connectivity index (χ1v) is 8.26. The van der Waals surface area contributed by atoms with Crippen molar-refractivity contribution in [2.45, 2.75) is 40.2 Å². The fraction of sp³-hybridized carbons (Fsp3) is 0.533. The third kappa shape index (κ3) is 6.09. The SMILES string of the molecule is CCc1cc(CNC(=NC)NCCc2nc(C)c(C)s2)on1.I. The molecule has 0 unspecified atom stereocenters. The van der Waals surface area contributed by atoms with E-state index in [0.29, 0.717) is 6.54 Å². The lowest BCUT2D eigenvalue weighted by Gasteiger charge is -2.09. The third-order valence-corrected chi connectivity index (χ3v) is 4.46. The fourth-order valence-corrected chi connectivity index (χ4v) is 2.86. The smallest absolute Gasteiger partial charge is 0.191 e. The van der Waals surface area contributed by atoms with Crippen molar-refractivity contribution in [2.24, 2.45) is 4.99 Å². The Morgan fingerprint density at radius 2 is 2.13 bits per heavy atom. The number of halogens is 1. The average molecular weight is 449 g/mol. The highest BCUT2D eigenvalue weighted by molar-refractivity contribution is 14.0. The van der Waals surface area contributed by atoms with Gasteiger partial charge in [-0.2, -0.15) is 0 Å². The van der Waals surface area contributed by atoms with Crippen LogP contribution in [0.5, 0.6) is 0 Å². The summed E-state index contributed by atoms with van der Waals surface area (Å²) in [6.07, 6.45) is 1.77. The van der Waals surface area contributed by atoms with Crippen molar-refractivity contribution in [1.82, 2.24) is 20.8 Å². The van der Waals surface area contributed by atoms with Crippen molar-refractivity contribution in [3.63, 3.8) is 0 Å². The van der Waals surface area contributed by atoms with Gasteiger partial charge < -0.3 is 15.2 Å². The van der Waals surface area contributed by atoms with Gasteiger partial charge in [-0.1, -0.05) is 12.1 Å². The van der Waals surface area contributed by atoms with Crippen molar-refractivity contribution in [3.8, 4) is 0 Å². The van der Waals surface area contributed by atoms with Gasteiger partial charge in [-0.05, 0) is 20.3 Å². The number of guanidine groups is 1. The molecule has 2 N–H and O–H groups in total. The minimum absolute atomic E-state index is 0. The number of hydrogen-bond donors (Lipinski definition) is 2. The van der Waals surface area contributed by atoms with Crippen LogP contribution in [0, 0.1) is 13.8 Å². The topological polar surface area (TPSA) is 75.3 Å². The summed E-state index contributed by atoms with van der Waals surface area (Å²) in [4.78, 5) is 10.0. The number of rotatable bonds is 6. The molecule has 0 saturated heterocycles. The molecule has 2 heterocycles. The minimum atomic E-state index is 0. The predicted molar refractivity (Wildman–Crippen MR) is 105 cm³/mol. The number of aliphatic imine (C=N–C) groups is 1. The lowest BCUT2D eigenvalue weighted by Crippen LogP contribution is -2.37. The molecule has 23 heavy (non-hydrogen) atoms. The van der Waals surface area contributed by atoms with Crippen LogP contribution in [-0.4, -0.2) is 29.7 Å². The molecular weight excluding hydrogens is 425 g/mol. The molecule has 0 aromatic carbocycles. The van der Waals surface area contributed by atoms with Gasteiger partial charge in [0.25, 0.3) is 0 Å². The van der Waals surface area contributed by atoms with Crippen LogP contribution in [0.15, 0.2) is 15.6 Å². The summed E-state index contributed by atoms with van der Waals surface area (Å²) in [7, 11) is 1.75. The van der Waals surface area contributed by atoms with Crippen molar-refractivity contribution >= 4 is 41.3 Å². The summed E-state index contributed by atoms with van der Waals surface area (Å²) in [6.45, 7) is 7.57. The molecule has 0 radical (unpaired) electrons. The van der Waals surface area contributed by atoms with Crippen LogP contribution in [0.3, 0.4) is 0 Å². The number of nitrogens with zero attached hydrogens (tertiary/aromatic N) is 3. The van der Waals surface area contributed by atoms with E-state index in [9.17, 15) is 0 Å². The molecule has 2 aromatic rings. The summed E-state index contributed by atoms with van der Waals surface area (Å²) in [5, 5.41) is 11.6. The van der Waals surface area contributed by atoms with Crippen molar-refractivity contribution in [2.75, 3.05) is 13.6 Å². The minimum Gasteiger partial charge on any atom is -0.359 e. The van der Waals surface area contributed by atoms with E-state index in [1.165, 1.54) is 4.88 Å². The van der Waals surface area contributed by atoms with Gasteiger partial charge in [0.05, 0.1) is 22.9 Å². The summed E-state index contributed by atoms with van der Waals surface area (Å²) in [5.41, 5.74) is 2.09. The zero-order valence-electron chi connectivity index (χ0n) is 14.0. The van der Waals surface area contributed by atoms with Crippen molar-refractivity contribution in [1.29, 1.82) is 0 Å². The second-order valence-electron chi connectivity index (χ2n) is 4.99. The zero-order valence-corrected chi connectivity index (χ0v) is 17.1. The first-order valence-electron chi connectivity index (χ1n) is 7.44. The van der Waals surface area contributed by atoms with Crippen LogP contribution in [0.1, 0.15) is 34.0 Å². The largest absolute Gasteiger partial charge is 0.359 e. The first-order chi connectivity index (χ1) is 10.6. The Hall–Kier alpha value is -1.16. The van der Waals surface area contributed by atoms with Crippen molar-refractivity contribution < 1.29 is 4.52 Å². The van der Waals surface area contributed by atoms with Gasteiger partial charge in [-0.25, -0.2) is 4.98 Å². The second-order valence-corrected chi connectivity index (χ2v) is 6.28. The van der Waals surface area contributed by atoms with Crippen LogP contribution < -0.4 is 10.6 Å². The molecule has 6 nitrogen and oxygen atoms in total. The van der Waals surface area contributed by atoms with Crippen LogP contribution >= 0.6 is 35.3 Å². The van der Waals surface area contributed by atoms with E-state index in [2.05, 4.69) is 39.6 Å². The summed E-state index contributed by atoms with van der Waals surface area (Å²) in [5.74, 6) is 1.56. The normalized spacial score (nSPS) is 11.2. The third-order valence-electron chi connectivity index (χ3n) is 3.33. The number of thiazole rings is 1. The van der Waals surface area contributed by atoms with Gasteiger partial charge in [0.15, 0.2) is 11.7 Å². The molecule has 0 amide bonds. The highest BCUT2D eigenvalue weighted by Gasteiger charge is 2.06. The molecule has 0 aliphatic rings. The molecular formula is C15H24IN5OS. The standard InChI is InChI=1S/C15H23N5OS.HI/c1-5-12-8-13(21-20-12)9-18-15(16-4)17-7-6-14-19-10(2)11(3)22-14;/h8H,5-7,9H2,1-4H3,(H2,16,17,18);1H. The van der Waals surface area contributed by atoms with Gasteiger partial charge in [0.1, 0.15) is 0 Å². The summed E-state index contributed by atoms with van der Waals surface area (Å²) < 4.78 is 5.24. The molecule has 8 heteroatoms. The quantitative estimate of drug-likeness (QED) is 0.403. The van der Waals surface area contributed by atoms with Crippen LogP contribution in [0.25, 0.3) is 0 Å². The molecule has 0 bridgehead atoms. The molecule has 0 saturated carbocycles. The lowest BCUT2D eigenvalue weighted by atomic mass is 10.3. The second kappa shape index (κ2) is 9.86. The first kappa shape index (κ1) is 19.9. The van der Waals surface area contributed by atoms with Crippen LogP contribution in [0.2, 0.25) is 0 Å². The fourth-order valence-electron chi connectivity index (χ4n) is 1.93. The Morgan fingerprint density at radius 3 is 2.70 bits per heavy atom. The maximum atomic E-state index is 5.24. The molecule has 0 fully saturated rings. The highest BCUT2D eigenvalue weighted by Crippen LogP contribution is 2.16. The average Bonchev–Trinajstić information content (AvgIpc) is 3.09. The van der Waals surface area contributed by atoms with Crippen LogP contribution in [-0.2, 0) is 19.4 Å². The molecule has 2 rings (SSSR count). The molecule has 0 aliphatic carbocycles. The van der Waals surface area contributed by atoms with E-state index >= 15 is 0 Å². The lowest BCUT2D eigenvalue weighted by molar-refractivity contribution is 0.374. The van der Waals surface area contributed by atoms with Crippen LogP contribution in [0.4, 0.5) is 0 Å². The summed E-state index contributed by atoms with van der Waals surface area (Å²) >= 11 is 1.75.